The quantitative estimate of drug-likeness (QED) is 0.629. The lowest BCUT2D eigenvalue weighted by molar-refractivity contribution is -0.117. The van der Waals surface area contributed by atoms with Crippen LogP contribution in [0, 0.1) is 5.92 Å². The molecule has 164 valence electrons. The van der Waals surface area contributed by atoms with E-state index in [1.807, 2.05) is 60.7 Å². The van der Waals surface area contributed by atoms with Gasteiger partial charge in [0.2, 0.25) is 5.91 Å². The van der Waals surface area contributed by atoms with Crippen LogP contribution in [-0.4, -0.2) is 37.5 Å². The minimum Gasteiger partial charge on any atom is -0.371 e. The number of nitrogens with zero attached hydrogens (tertiary/aromatic N) is 1. The normalized spacial score (nSPS) is 15.6. The highest BCUT2D eigenvalue weighted by Gasteiger charge is 2.23. The number of para-hydroxylation sites is 1. The van der Waals surface area contributed by atoms with Crippen molar-refractivity contribution in [2.45, 2.75) is 39.2 Å². The van der Waals surface area contributed by atoms with E-state index in [9.17, 15) is 9.59 Å². The molecule has 1 fully saturated rings. The molecule has 0 bridgehead atoms. The van der Waals surface area contributed by atoms with Crippen molar-refractivity contribution in [3.05, 3.63) is 71.8 Å². The standard InChI is InChI=1S/C26H33N3O2/c1-3-20(2)19-27-26(31)23-11-7-8-12-24(23)29-17-15-22(16-18-29)28-25(30)14-13-21-9-5-4-6-10-21/h4-14,20,22H,3,15-19H2,1-2H3,(H,27,31)(H,28,30)/b14-13+/t20-/m1/s1. The summed E-state index contributed by atoms with van der Waals surface area (Å²) in [4.78, 5) is 27.2. The molecule has 1 aliphatic heterocycles. The maximum Gasteiger partial charge on any atom is 0.253 e. The van der Waals surface area contributed by atoms with Gasteiger partial charge in [0.05, 0.1) is 5.56 Å². The number of nitrogens with one attached hydrogen (secondary N) is 2. The number of hydrogen-bond donors (Lipinski definition) is 2. The van der Waals surface area contributed by atoms with E-state index in [0.717, 1.165) is 49.2 Å². The number of amides is 2. The molecule has 2 aromatic carbocycles. The van der Waals surface area contributed by atoms with Crippen LogP contribution in [0.1, 0.15) is 49.0 Å². The lowest BCUT2D eigenvalue weighted by Gasteiger charge is -2.34. The maximum atomic E-state index is 12.7. The Hall–Kier alpha value is -3.08. The van der Waals surface area contributed by atoms with Crippen LogP contribution in [0.2, 0.25) is 0 Å². The lowest BCUT2D eigenvalue weighted by Crippen LogP contribution is -2.44. The molecule has 0 aliphatic carbocycles. The van der Waals surface area contributed by atoms with Crippen LogP contribution in [0.3, 0.4) is 0 Å². The smallest absolute Gasteiger partial charge is 0.253 e. The molecule has 5 heteroatoms. The summed E-state index contributed by atoms with van der Waals surface area (Å²) in [5.74, 6) is 0.385. The average Bonchev–Trinajstić information content (AvgIpc) is 2.82. The van der Waals surface area contributed by atoms with Gasteiger partial charge < -0.3 is 15.5 Å². The second kappa shape index (κ2) is 11.3. The van der Waals surface area contributed by atoms with Gasteiger partial charge in [-0.05, 0) is 42.5 Å². The zero-order valence-electron chi connectivity index (χ0n) is 18.5. The zero-order chi connectivity index (χ0) is 22.1. The fourth-order valence-corrected chi connectivity index (χ4v) is 3.70. The van der Waals surface area contributed by atoms with Gasteiger partial charge in [-0.2, -0.15) is 0 Å². The molecular formula is C26H33N3O2. The first kappa shape index (κ1) is 22.6. The number of benzene rings is 2. The van der Waals surface area contributed by atoms with E-state index in [2.05, 4.69) is 29.4 Å². The zero-order valence-corrected chi connectivity index (χ0v) is 18.5. The number of carbonyl (C=O) groups excluding carboxylic acids is 2. The molecule has 31 heavy (non-hydrogen) atoms. The van der Waals surface area contributed by atoms with Crippen LogP contribution in [-0.2, 0) is 4.79 Å². The monoisotopic (exact) mass is 419 g/mol. The second-order valence-electron chi connectivity index (χ2n) is 8.25. The molecule has 2 N–H and O–H groups in total. The van der Waals surface area contributed by atoms with E-state index in [4.69, 9.17) is 0 Å². The molecule has 0 aromatic heterocycles. The first-order valence-corrected chi connectivity index (χ1v) is 11.2. The third kappa shape index (κ3) is 6.71. The Labute approximate surface area is 185 Å². The Morgan fingerprint density at radius 3 is 2.45 bits per heavy atom. The van der Waals surface area contributed by atoms with Crippen LogP contribution >= 0.6 is 0 Å². The summed E-state index contributed by atoms with van der Waals surface area (Å²) in [5.41, 5.74) is 2.70. The van der Waals surface area contributed by atoms with Crippen LogP contribution in [0.15, 0.2) is 60.7 Å². The molecule has 1 atom stereocenters. The fraction of sp³-hybridized carbons (Fsp3) is 0.385. The van der Waals surface area contributed by atoms with Crippen LogP contribution < -0.4 is 15.5 Å². The summed E-state index contributed by atoms with van der Waals surface area (Å²) < 4.78 is 0. The van der Waals surface area contributed by atoms with E-state index in [0.29, 0.717) is 12.5 Å². The molecule has 1 heterocycles. The number of rotatable bonds is 8. The fourth-order valence-electron chi connectivity index (χ4n) is 3.70. The van der Waals surface area contributed by atoms with Crippen molar-refractivity contribution < 1.29 is 9.59 Å². The van der Waals surface area contributed by atoms with Gasteiger partial charge in [-0.1, -0.05) is 62.7 Å². The van der Waals surface area contributed by atoms with Crippen molar-refractivity contribution in [2.75, 3.05) is 24.5 Å². The van der Waals surface area contributed by atoms with Crippen LogP contribution in [0.4, 0.5) is 5.69 Å². The predicted octanol–water partition coefficient (Wildman–Crippen LogP) is 4.26. The molecule has 3 rings (SSSR count). The summed E-state index contributed by atoms with van der Waals surface area (Å²) in [7, 11) is 0. The van der Waals surface area contributed by atoms with Crippen LogP contribution in [0.5, 0.6) is 0 Å². The van der Waals surface area contributed by atoms with Gasteiger partial charge in [-0.25, -0.2) is 0 Å². The third-order valence-electron chi connectivity index (χ3n) is 5.87. The summed E-state index contributed by atoms with van der Waals surface area (Å²) in [6.45, 7) is 6.58. The van der Waals surface area contributed by atoms with Gasteiger partial charge in [0.1, 0.15) is 0 Å². The largest absolute Gasteiger partial charge is 0.371 e. The highest BCUT2D eigenvalue weighted by atomic mass is 16.2. The average molecular weight is 420 g/mol. The second-order valence-corrected chi connectivity index (χ2v) is 8.25. The number of anilines is 1. The summed E-state index contributed by atoms with van der Waals surface area (Å²) in [5, 5.41) is 6.17. The molecule has 2 aromatic rings. The highest BCUT2D eigenvalue weighted by molar-refractivity contribution is 5.99. The summed E-state index contributed by atoms with van der Waals surface area (Å²) >= 11 is 0. The number of carbonyl (C=O) groups is 2. The van der Waals surface area contributed by atoms with Crippen molar-refractivity contribution >= 4 is 23.6 Å². The molecule has 2 amide bonds. The Morgan fingerprint density at radius 2 is 1.74 bits per heavy atom. The molecular weight excluding hydrogens is 386 g/mol. The first-order valence-electron chi connectivity index (χ1n) is 11.2. The Morgan fingerprint density at radius 1 is 1.06 bits per heavy atom. The predicted molar refractivity (Wildman–Crippen MR) is 127 cm³/mol. The minimum absolute atomic E-state index is 0.0163. The molecule has 1 saturated heterocycles. The minimum atomic E-state index is -0.0628. The van der Waals surface area contributed by atoms with Crippen LogP contribution in [0.25, 0.3) is 6.08 Å². The van der Waals surface area contributed by atoms with E-state index < -0.39 is 0 Å². The summed E-state index contributed by atoms with van der Waals surface area (Å²) in [6, 6.07) is 17.7. The van der Waals surface area contributed by atoms with Gasteiger partial charge in [0.15, 0.2) is 0 Å². The molecule has 0 unspecified atom stereocenters. The Bertz CT molecular complexity index is 887. The van der Waals surface area contributed by atoms with Gasteiger partial charge in [-0.15, -0.1) is 0 Å². The first-order chi connectivity index (χ1) is 15.1. The molecule has 0 saturated carbocycles. The van der Waals surface area contributed by atoms with Crippen molar-refractivity contribution in [1.29, 1.82) is 0 Å². The Balaban J connectivity index is 1.53. The van der Waals surface area contributed by atoms with Crippen molar-refractivity contribution in [3.63, 3.8) is 0 Å². The van der Waals surface area contributed by atoms with Gasteiger partial charge in [-0.3, -0.25) is 9.59 Å². The number of hydrogen-bond acceptors (Lipinski definition) is 3. The van der Waals surface area contributed by atoms with E-state index in [1.165, 1.54) is 0 Å². The highest BCUT2D eigenvalue weighted by Crippen LogP contribution is 2.24. The SMILES string of the molecule is CC[C@@H](C)CNC(=O)c1ccccc1N1CCC(NC(=O)/C=C/c2ccccc2)CC1. The van der Waals surface area contributed by atoms with Gasteiger partial charge in [0.25, 0.3) is 5.91 Å². The van der Waals surface area contributed by atoms with E-state index >= 15 is 0 Å². The maximum absolute atomic E-state index is 12.7. The molecule has 0 spiro atoms. The van der Waals surface area contributed by atoms with E-state index in [-0.39, 0.29) is 17.9 Å². The van der Waals surface area contributed by atoms with Gasteiger partial charge in [0, 0.05) is 37.4 Å². The molecule has 1 aliphatic rings. The van der Waals surface area contributed by atoms with Crippen molar-refractivity contribution in [1.82, 2.24) is 10.6 Å². The topological polar surface area (TPSA) is 61.4 Å². The summed E-state index contributed by atoms with van der Waals surface area (Å²) in [6.07, 6.45) is 6.18. The third-order valence-corrected chi connectivity index (χ3v) is 5.87. The number of piperidine rings is 1. The van der Waals surface area contributed by atoms with Crippen molar-refractivity contribution in [3.8, 4) is 0 Å². The van der Waals surface area contributed by atoms with Crippen molar-refractivity contribution in [2.24, 2.45) is 5.92 Å². The lowest BCUT2D eigenvalue weighted by atomic mass is 10.0. The van der Waals surface area contributed by atoms with Gasteiger partial charge >= 0.3 is 0 Å². The molecule has 0 radical (unpaired) electrons. The molecule has 5 nitrogen and oxygen atoms in total. The Kier molecular flexibility index (Phi) is 8.27. The van der Waals surface area contributed by atoms with E-state index in [1.54, 1.807) is 6.08 Å².